The number of hydrogen-bond donors (Lipinski definition) is 1. The topological polar surface area (TPSA) is 67.8 Å². The molecule has 0 fully saturated rings. The third-order valence-corrected chi connectivity index (χ3v) is 3.38. The third kappa shape index (κ3) is 3.60. The number of carbonyl (C=O) groups is 1. The largest absolute Gasteiger partial charge is 0.305 e. The number of aryl methyl sites for hydroxylation is 2. The van der Waals surface area contributed by atoms with E-state index in [9.17, 15) is 9.18 Å². The van der Waals surface area contributed by atoms with Gasteiger partial charge in [0.25, 0.3) is 5.91 Å². The molecule has 0 unspecified atom stereocenters. The number of nitrogens with one attached hydrogen (secondary N) is 1. The van der Waals surface area contributed by atoms with Crippen molar-refractivity contribution in [2.45, 2.75) is 13.8 Å². The summed E-state index contributed by atoms with van der Waals surface area (Å²) in [6.07, 6.45) is 1.57. The summed E-state index contributed by atoms with van der Waals surface area (Å²) in [7, 11) is 0. The quantitative estimate of drug-likeness (QED) is 0.801. The lowest BCUT2D eigenvalue weighted by molar-refractivity contribution is 0.102. The first-order chi connectivity index (χ1) is 11.5. The molecule has 3 aromatic rings. The van der Waals surface area contributed by atoms with Crippen LogP contribution >= 0.6 is 0 Å². The molecule has 0 aliphatic heterocycles. The van der Waals surface area contributed by atoms with E-state index in [2.05, 4.69) is 20.3 Å². The number of aromatic nitrogens is 3. The fraction of sp³-hybridized carbons (Fsp3) is 0.111. The number of amides is 1. The Labute approximate surface area is 138 Å². The van der Waals surface area contributed by atoms with E-state index in [1.807, 2.05) is 6.07 Å². The summed E-state index contributed by atoms with van der Waals surface area (Å²) in [6.45, 7) is 3.55. The molecule has 0 saturated heterocycles. The summed E-state index contributed by atoms with van der Waals surface area (Å²) in [5.41, 5.74) is 2.58. The van der Waals surface area contributed by atoms with Gasteiger partial charge < -0.3 is 5.32 Å². The molecule has 2 aromatic heterocycles. The van der Waals surface area contributed by atoms with Crippen LogP contribution < -0.4 is 5.32 Å². The second kappa shape index (κ2) is 6.54. The van der Waals surface area contributed by atoms with Crippen LogP contribution in [0.4, 0.5) is 10.2 Å². The lowest BCUT2D eigenvalue weighted by Crippen LogP contribution is -2.15. The Morgan fingerprint density at radius 1 is 1.00 bits per heavy atom. The zero-order valence-electron chi connectivity index (χ0n) is 13.2. The SMILES string of the molecule is Cc1cc(-c2ccc(F)cc2)cc(C(=O)Nc2ccnc(C)n2)n1. The Balaban J connectivity index is 1.90. The van der Waals surface area contributed by atoms with Gasteiger partial charge in [0.2, 0.25) is 0 Å². The van der Waals surface area contributed by atoms with E-state index in [1.54, 1.807) is 44.3 Å². The third-order valence-electron chi connectivity index (χ3n) is 3.38. The van der Waals surface area contributed by atoms with Crippen molar-refractivity contribution in [2.24, 2.45) is 0 Å². The average molecular weight is 322 g/mol. The van der Waals surface area contributed by atoms with Gasteiger partial charge in [-0.05, 0) is 55.3 Å². The van der Waals surface area contributed by atoms with Gasteiger partial charge in [0.15, 0.2) is 0 Å². The molecule has 1 amide bonds. The zero-order chi connectivity index (χ0) is 17.1. The molecule has 3 rings (SSSR count). The minimum absolute atomic E-state index is 0.269. The molecule has 0 spiro atoms. The molecule has 0 aliphatic rings. The second-order valence-corrected chi connectivity index (χ2v) is 5.33. The monoisotopic (exact) mass is 322 g/mol. The second-order valence-electron chi connectivity index (χ2n) is 5.33. The van der Waals surface area contributed by atoms with Crippen LogP contribution in [0.25, 0.3) is 11.1 Å². The van der Waals surface area contributed by atoms with Crippen LogP contribution in [-0.2, 0) is 0 Å². The highest BCUT2D eigenvalue weighted by Crippen LogP contribution is 2.21. The van der Waals surface area contributed by atoms with Crippen molar-refractivity contribution < 1.29 is 9.18 Å². The van der Waals surface area contributed by atoms with Gasteiger partial charge in [-0.2, -0.15) is 0 Å². The molecule has 2 heterocycles. The van der Waals surface area contributed by atoms with E-state index in [0.29, 0.717) is 17.3 Å². The Morgan fingerprint density at radius 2 is 1.75 bits per heavy atom. The molecule has 1 aromatic carbocycles. The van der Waals surface area contributed by atoms with Gasteiger partial charge >= 0.3 is 0 Å². The van der Waals surface area contributed by atoms with Crippen molar-refractivity contribution in [1.29, 1.82) is 0 Å². The van der Waals surface area contributed by atoms with Crippen molar-refractivity contribution >= 4 is 11.7 Å². The number of benzene rings is 1. The summed E-state index contributed by atoms with van der Waals surface area (Å²) in [6, 6.07) is 11.2. The summed E-state index contributed by atoms with van der Waals surface area (Å²) < 4.78 is 13.1. The first-order valence-corrected chi connectivity index (χ1v) is 7.37. The fourth-order valence-corrected chi connectivity index (χ4v) is 2.30. The van der Waals surface area contributed by atoms with E-state index in [1.165, 1.54) is 12.1 Å². The summed E-state index contributed by atoms with van der Waals surface area (Å²) in [5, 5.41) is 2.70. The fourth-order valence-electron chi connectivity index (χ4n) is 2.30. The summed E-state index contributed by atoms with van der Waals surface area (Å²) in [4.78, 5) is 24.8. The highest BCUT2D eigenvalue weighted by Gasteiger charge is 2.12. The van der Waals surface area contributed by atoms with Crippen LogP contribution in [0.3, 0.4) is 0 Å². The predicted octanol–water partition coefficient (Wildman–Crippen LogP) is 3.55. The van der Waals surface area contributed by atoms with E-state index in [-0.39, 0.29) is 17.4 Å². The summed E-state index contributed by atoms with van der Waals surface area (Å²) >= 11 is 0. The summed E-state index contributed by atoms with van der Waals surface area (Å²) in [5.74, 6) is 0.318. The Kier molecular flexibility index (Phi) is 4.29. The molecule has 1 N–H and O–H groups in total. The first-order valence-electron chi connectivity index (χ1n) is 7.37. The van der Waals surface area contributed by atoms with Gasteiger partial charge in [-0.3, -0.25) is 4.79 Å². The molecule has 0 saturated carbocycles. The van der Waals surface area contributed by atoms with Crippen molar-refractivity contribution in [3.8, 4) is 11.1 Å². The predicted molar refractivity (Wildman–Crippen MR) is 89.1 cm³/mol. The molecule has 0 radical (unpaired) electrons. The molecular formula is C18H15FN4O. The average Bonchev–Trinajstić information content (AvgIpc) is 2.55. The minimum atomic E-state index is -0.361. The molecule has 6 heteroatoms. The van der Waals surface area contributed by atoms with Crippen LogP contribution in [0.1, 0.15) is 22.0 Å². The van der Waals surface area contributed by atoms with Gasteiger partial charge in [0.05, 0.1) is 0 Å². The Bertz CT molecular complexity index is 894. The number of rotatable bonds is 3. The first kappa shape index (κ1) is 15.7. The van der Waals surface area contributed by atoms with Gasteiger partial charge in [-0.15, -0.1) is 0 Å². The van der Waals surface area contributed by atoms with Gasteiger partial charge in [0, 0.05) is 11.9 Å². The normalized spacial score (nSPS) is 10.5. The maximum Gasteiger partial charge on any atom is 0.275 e. The van der Waals surface area contributed by atoms with Gasteiger partial charge in [-0.25, -0.2) is 19.3 Å². The van der Waals surface area contributed by atoms with Crippen LogP contribution in [0.15, 0.2) is 48.7 Å². The van der Waals surface area contributed by atoms with Crippen molar-refractivity contribution in [1.82, 2.24) is 15.0 Å². The van der Waals surface area contributed by atoms with E-state index < -0.39 is 0 Å². The lowest BCUT2D eigenvalue weighted by atomic mass is 10.0. The Morgan fingerprint density at radius 3 is 2.46 bits per heavy atom. The number of anilines is 1. The number of carbonyl (C=O) groups excluding carboxylic acids is 1. The molecule has 0 atom stereocenters. The highest BCUT2D eigenvalue weighted by atomic mass is 19.1. The van der Waals surface area contributed by atoms with E-state index in [0.717, 1.165) is 11.1 Å². The molecule has 24 heavy (non-hydrogen) atoms. The van der Waals surface area contributed by atoms with Gasteiger partial charge in [0.1, 0.15) is 23.2 Å². The molecular weight excluding hydrogens is 307 g/mol. The number of halogens is 1. The van der Waals surface area contributed by atoms with Crippen LogP contribution in [0.2, 0.25) is 0 Å². The number of pyridine rings is 1. The van der Waals surface area contributed by atoms with Crippen molar-refractivity contribution in [3.05, 3.63) is 71.7 Å². The van der Waals surface area contributed by atoms with E-state index >= 15 is 0 Å². The van der Waals surface area contributed by atoms with E-state index in [4.69, 9.17) is 0 Å². The lowest BCUT2D eigenvalue weighted by Gasteiger charge is -2.08. The molecule has 0 aliphatic carbocycles. The van der Waals surface area contributed by atoms with Crippen LogP contribution in [-0.4, -0.2) is 20.9 Å². The zero-order valence-corrected chi connectivity index (χ0v) is 13.2. The molecule has 0 bridgehead atoms. The van der Waals surface area contributed by atoms with Crippen LogP contribution in [0.5, 0.6) is 0 Å². The molecule has 120 valence electrons. The minimum Gasteiger partial charge on any atom is -0.305 e. The maximum absolute atomic E-state index is 13.1. The number of hydrogen-bond acceptors (Lipinski definition) is 4. The smallest absolute Gasteiger partial charge is 0.275 e. The van der Waals surface area contributed by atoms with Crippen molar-refractivity contribution in [2.75, 3.05) is 5.32 Å². The molecule has 5 nitrogen and oxygen atoms in total. The standard InChI is InChI=1S/C18H15FN4O/c1-11-9-14(13-3-5-15(19)6-4-13)10-16(21-11)18(24)23-17-7-8-20-12(2)22-17/h3-10H,1-2H3,(H,20,22,23,24). The Hall–Kier alpha value is -3.15. The van der Waals surface area contributed by atoms with Crippen molar-refractivity contribution in [3.63, 3.8) is 0 Å². The number of nitrogens with zero attached hydrogens (tertiary/aromatic N) is 3. The van der Waals surface area contributed by atoms with Crippen LogP contribution in [0, 0.1) is 19.7 Å². The maximum atomic E-state index is 13.1. The van der Waals surface area contributed by atoms with Gasteiger partial charge in [-0.1, -0.05) is 12.1 Å². The highest BCUT2D eigenvalue weighted by molar-refractivity contribution is 6.03.